The minimum atomic E-state index is -0.440. The van der Waals surface area contributed by atoms with Crippen molar-refractivity contribution in [3.63, 3.8) is 0 Å². The van der Waals surface area contributed by atoms with Gasteiger partial charge in [-0.2, -0.15) is 0 Å². The van der Waals surface area contributed by atoms with Crippen LogP contribution in [0.25, 0.3) is 0 Å². The second-order valence-electron chi connectivity index (χ2n) is 7.22. The zero-order valence-corrected chi connectivity index (χ0v) is 18.2. The van der Waals surface area contributed by atoms with Gasteiger partial charge in [0, 0.05) is 19.3 Å². The third kappa shape index (κ3) is 4.01. The van der Waals surface area contributed by atoms with Crippen molar-refractivity contribution in [2.75, 3.05) is 12.0 Å². The van der Waals surface area contributed by atoms with Gasteiger partial charge in [0.2, 0.25) is 0 Å². The average Bonchev–Trinajstić information content (AvgIpc) is 2.72. The molecule has 2 aromatic carbocycles. The van der Waals surface area contributed by atoms with Crippen LogP contribution < -0.4 is 10.2 Å². The number of nitrogens with zero attached hydrogens (tertiary/aromatic N) is 2. The van der Waals surface area contributed by atoms with Crippen LogP contribution in [-0.4, -0.2) is 18.0 Å². The first-order chi connectivity index (χ1) is 14.5. The Labute approximate surface area is 185 Å². The molecular formula is C23H21Cl2N3O2. The van der Waals surface area contributed by atoms with E-state index < -0.39 is 6.17 Å². The summed E-state index contributed by atoms with van der Waals surface area (Å²) in [4.78, 5) is 20.0. The number of fused-ring (bicyclic) bond motifs is 1. The van der Waals surface area contributed by atoms with Gasteiger partial charge in [0.25, 0.3) is 5.91 Å². The van der Waals surface area contributed by atoms with E-state index in [0.717, 1.165) is 22.4 Å². The number of carbonyl (C=O) groups is 1. The van der Waals surface area contributed by atoms with E-state index in [1.807, 2.05) is 49.4 Å². The summed E-state index contributed by atoms with van der Waals surface area (Å²) in [6, 6.07) is 17.3. The van der Waals surface area contributed by atoms with Crippen molar-refractivity contribution in [1.29, 1.82) is 0 Å². The molecule has 1 amide bonds. The van der Waals surface area contributed by atoms with E-state index in [9.17, 15) is 4.79 Å². The average molecular weight is 442 g/mol. The molecule has 1 aliphatic heterocycles. The van der Waals surface area contributed by atoms with E-state index in [4.69, 9.17) is 32.9 Å². The summed E-state index contributed by atoms with van der Waals surface area (Å²) in [5, 5.41) is 4.02. The quantitative estimate of drug-likeness (QED) is 0.583. The maximum atomic E-state index is 13.1. The number of pyridine rings is 1. The van der Waals surface area contributed by atoms with Crippen LogP contribution in [0.5, 0.6) is 0 Å². The Bertz CT molecular complexity index is 1090. The van der Waals surface area contributed by atoms with E-state index in [1.54, 1.807) is 19.2 Å². The lowest BCUT2D eigenvalue weighted by atomic mass is 10.0. The first-order valence-corrected chi connectivity index (χ1v) is 10.3. The molecule has 2 heterocycles. The fraction of sp³-hybridized carbons (Fsp3) is 0.217. The van der Waals surface area contributed by atoms with Crippen LogP contribution in [0.3, 0.4) is 0 Å². The lowest BCUT2D eigenvalue weighted by Gasteiger charge is -2.39. The highest BCUT2D eigenvalue weighted by atomic mass is 35.5. The molecule has 30 heavy (non-hydrogen) atoms. The molecule has 4 rings (SSSR count). The van der Waals surface area contributed by atoms with Crippen molar-refractivity contribution < 1.29 is 9.53 Å². The van der Waals surface area contributed by atoms with Gasteiger partial charge < -0.3 is 15.0 Å². The van der Waals surface area contributed by atoms with Gasteiger partial charge in [-0.05, 0) is 41.8 Å². The summed E-state index contributed by atoms with van der Waals surface area (Å²) in [5.74, 6) is 0.440. The fourth-order valence-corrected chi connectivity index (χ4v) is 4.04. The van der Waals surface area contributed by atoms with Crippen LogP contribution in [0, 0.1) is 6.92 Å². The van der Waals surface area contributed by atoms with Crippen molar-refractivity contribution in [1.82, 2.24) is 10.3 Å². The third-order valence-corrected chi connectivity index (χ3v) is 5.78. The van der Waals surface area contributed by atoms with Gasteiger partial charge in [-0.3, -0.25) is 4.79 Å². The third-order valence-electron chi connectivity index (χ3n) is 5.04. The second-order valence-corrected chi connectivity index (χ2v) is 8.03. The highest BCUT2D eigenvalue weighted by Crippen LogP contribution is 2.37. The Hall–Kier alpha value is -2.60. The molecule has 0 saturated heterocycles. The largest absolute Gasteiger partial charge is 0.380 e. The second kappa shape index (κ2) is 8.64. The highest BCUT2D eigenvalue weighted by molar-refractivity contribution is 6.42. The summed E-state index contributed by atoms with van der Waals surface area (Å²) in [7, 11) is 1.61. The normalized spacial score (nSPS) is 15.7. The number of benzene rings is 2. The Kier molecular flexibility index (Phi) is 5.95. The molecule has 1 aromatic heterocycles. The number of nitrogens with one attached hydrogen (secondary N) is 1. The van der Waals surface area contributed by atoms with Crippen molar-refractivity contribution in [2.24, 2.45) is 0 Å². The number of hydrogen-bond acceptors (Lipinski definition) is 4. The zero-order valence-electron chi connectivity index (χ0n) is 16.7. The minimum absolute atomic E-state index is 0.190. The number of ether oxygens (including phenoxy) is 1. The van der Waals surface area contributed by atoms with E-state index in [1.165, 1.54) is 0 Å². The van der Waals surface area contributed by atoms with Gasteiger partial charge in [-0.15, -0.1) is 0 Å². The number of rotatable bonds is 5. The van der Waals surface area contributed by atoms with E-state index >= 15 is 0 Å². The van der Waals surface area contributed by atoms with Crippen molar-refractivity contribution in [2.45, 2.75) is 26.2 Å². The summed E-state index contributed by atoms with van der Waals surface area (Å²) in [5.41, 5.74) is 4.09. The lowest BCUT2D eigenvalue weighted by Crippen LogP contribution is -2.47. The van der Waals surface area contributed by atoms with Crippen molar-refractivity contribution >= 4 is 34.9 Å². The van der Waals surface area contributed by atoms with Crippen LogP contribution in [-0.2, 0) is 17.9 Å². The SMILES string of the molecule is COCc1cc(C)nc2c1C(=O)NC(c1ccc(Cl)c(Cl)c1)N2Cc1ccccc1. The molecule has 0 fully saturated rings. The van der Waals surface area contributed by atoms with Crippen molar-refractivity contribution in [3.8, 4) is 0 Å². The maximum absolute atomic E-state index is 13.1. The van der Waals surface area contributed by atoms with Crippen LogP contribution in [0.4, 0.5) is 5.82 Å². The molecular weight excluding hydrogens is 421 g/mol. The number of halogens is 2. The molecule has 0 radical (unpaired) electrons. The van der Waals surface area contributed by atoms with Gasteiger partial charge in [-0.25, -0.2) is 4.98 Å². The molecule has 0 saturated carbocycles. The Morgan fingerprint density at radius 1 is 1.10 bits per heavy atom. The Morgan fingerprint density at radius 3 is 2.57 bits per heavy atom. The maximum Gasteiger partial charge on any atom is 0.257 e. The molecule has 1 N–H and O–H groups in total. The topological polar surface area (TPSA) is 54.5 Å². The minimum Gasteiger partial charge on any atom is -0.380 e. The molecule has 0 bridgehead atoms. The molecule has 1 aliphatic rings. The molecule has 0 aliphatic carbocycles. The number of hydrogen-bond donors (Lipinski definition) is 1. The number of anilines is 1. The van der Waals surface area contributed by atoms with E-state index in [2.05, 4.69) is 10.2 Å². The van der Waals surface area contributed by atoms with Crippen LogP contribution in [0.1, 0.15) is 38.9 Å². The number of aryl methyl sites for hydroxylation is 1. The van der Waals surface area contributed by atoms with Gasteiger partial charge in [-0.1, -0.05) is 59.6 Å². The van der Waals surface area contributed by atoms with E-state index in [-0.39, 0.29) is 5.91 Å². The Morgan fingerprint density at radius 2 is 1.87 bits per heavy atom. The Balaban J connectivity index is 1.87. The van der Waals surface area contributed by atoms with Gasteiger partial charge in [0.05, 0.1) is 22.2 Å². The van der Waals surface area contributed by atoms with Crippen LogP contribution in [0.15, 0.2) is 54.6 Å². The van der Waals surface area contributed by atoms with Gasteiger partial charge >= 0.3 is 0 Å². The molecule has 1 atom stereocenters. The molecule has 3 aromatic rings. The van der Waals surface area contributed by atoms with Gasteiger partial charge in [0.15, 0.2) is 0 Å². The van der Waals surface area contributed by atoms with Crippen molar-refractivity contribution in [3.05, 3.63) is 92.6 Å². The summed E-state index contributed by atoms with van der Waals surface area (Å²) < 4.78 is 5.33. The lowest BCUT2D eigenvalue weighted by molar-refractivity contribution is 0.0919. The smallest absolute Gasteiger partial charge is 0.257 e. The molecule has 0 spiro atoms. The molecule has 1 unspecified atom stereocenters. The van der Waals surface area contributed by atoms with E-state index in [0.29, 0.717) is 34.6 Å². The summed E-state index contributed by atoms with van der Waals surface area (Å²) >= 11 is 12.4. The predicted molar refractivity (Wildman–Crippen MR) is 119 cm³/mol. The highest BCUT2D eigenvalue weighted by Gasteiger charge is 2.35. The summed E-state index contributed by atoms with van der Waals surface area (Å²) in [6.45, 7) is 2.80. The first kappa shape index (κ1) is 20.7. The number of methoxy groups -OCH3 is 1. The number of aromatic nitrogens is 1. The molecule has 154 valence electrons. The zero-order chi connectivity index (χ0) is 21.3. The number of amides is 1. The standard InChI is InChI=1S/C23H21Cl2N3O2/c1-14-10-17(13-30-2)20-22(26-14)28(12-15-6-4-3-5-7-15)21(27-23(20)29)16-8-9-18(24)19(25)11-16/h3-11,21H,12-13H2,1-2H3,(H,27,29). The first-order valence-electron chi connectivity index (χ1n) is 9.53. The number of carbonyl (C=O) groups excluding carboxylic acids is 1. The summed E-state index contributed by atoms with van der Waals surface area (Å²) in [6.07, 6.45) is -0.440. The predicted octanol–water partition coefficient (Wildman–Crippen LogP) is 5.29. The fourth-order valence-electron chi connectivity index (χ4n) is 3.74. The molecule has 5 nitrogen and oxygen atoms in total. The van der Waals surface area contributed by atoms with Crippen LogP contribution in [0.2, 0.25) is 10.0 Å². The van der Waals surface area contributed by atoms with Gasteiger partial charge in [0.1, 0.15) is 12.0 Å². The van der Waals surface area contributed by atoms with Crippen LogP contribution >= 0.6 is 23.2 Å². The monoisotopic (exact) mass is 441 g/mol. The molecule has 7 heteroatoms.